The summed E-state index contributed by atoms with van der Waals surface area (Å²) >= 11 is 2.15. The van der Waals surface area contributed by atoms with Crippen LogP contribution in [0.4, 0.5) is 4.48 Å². The maximum atomic E-state index is 13.3. The molecule has 74 valence electrons. The predicted molar refractivity (Wildman–Crippen MR) is 58.8 cm³/mol. The van der Waals surface area contributed by atoms with Crippen LogP contribution in [0, 0.1) is 5.92 Å². The van der Waals surface area contributed by atoms with Gasteiger partial charge in [0.25, 0.3) is 0 Å². The molecule has 0 bridgehead atoms. The lowest BCUT2D eigenvalue weighted by Crippen LogP contribution is -2.30. The average Bonchev–Trinajstić information content (AvgIpc) is 2.07. The maximum Gasteiger partial charge on any atom is 0.150 e. The third-order valence-corrected chi connectivity index (χ3v) is 2.87. The molecule has 1 aliphatic heterocycles. The number of halogens is 2. The van der Waals surface area contributed by atoms with Crippen LogP contribution in [0.25, 0.3) is 0 Å². The summed E-state index contributed by atoms with van der Waals surface area (Å²) in [5.41, 5.74) is 0. The summed E-state index contributed by atoms with van der Waals surface area (Å²) in [6.07, 6.45) is 3.27. The van der Waals surface area contributed by atoms with Gasteiger partial charge in [-0.1, -0.05) is 18.3 Å². The van der Waals surface area contributed by atoms with Gasteiger partial charge in [0.05, 0.1) is 22.9 Å². The summed E-state index contributed by atoms with van der Waals surface area (Å²) < 4.78 is 19.3. The van der Waals surface area contributed by atoms with E-state index in [1.165, 1.54) is 6.20 Å². The minimum absolute atomic E-state index is 0.175. The highest BCUT2D eigenvalue weighted by atomic mass is 127. The Morgan fingerprint density at radius 3 is 2.69 bits per heavy atom. The monoisotopic (exact) mass is 297 g/mol. The molecule has 2 nitrogen and oxygen atoms in total. The minimum atomic E-state index is -0.175. The molecule has 0 aliphatic carbocycles. The van der Waals surface area contributed by atoms with Gasteiger partial charge in [0.1, 0.15) is 0 Å². The van der Waals surface area contributed by atoms with E-state index in [4.69, 9.17) is 4.74 Å². The number of nitrogens with zero attached hydrogens (tertiary/aromatic N) is 1. The van der Waals surface area contributed by atoms with Crippen molar-refractivity contribution in [2.45, 2.75) is 19.9 Å². The summed E-state index contributed by atoms with van der Waals surface area (Å²) in [7, 11) is 1.54. The number of allylic oxidation sites excluding steroid dienone is 1. The highest BCUT2D eigenvalue weighted by Gasteiger charge is 2.23. The molecule has 1 heterocycles. The molecule has 0 saturated carbocycles. The van der Waals surface area contributed by atoms with Gasteiger partial charge in [-0.15, -0.1) is 0 Å². The van der Waals surface area contributed by atoms with Gasteiger partial charge >= 0.3 is 0 Å². The summed E-state index contributed by atoms with van der Waals surface area (Å²) in [6.45, 7) is 3.98. The van der Waals surface area contributed by atoms with Gasteiger partial charge in [0.15, 0.2) is 5.76 Å². The lowest BCUT2D eigenvalue weighted by molar-refractivity contribution is 0.0289. The number of rotatable bonds is 2. The second-order valence-electron chi connectivity index (χ2n) is 3.29. The van der Waals surface area contributed by atoms with Crippen molar-refractivity contribution in [3.8, 4) is 0 Å². The molecule has 0 N–H and O–H groups in total. The van der Waals surface area contributed by atoms with Crippen LogP contribution >= 0.6 is 22.6 Å². The number of ether oxygens (including phenoxy) is 1. The van der Waals surface area contributed by atoms with E-state index < -0.39 is 0 Å². The summed E-state index contributed by atoms with van der Waals surface area (Å²) in [4.78, 5) is 0. The summed E-state index contributed by atoms with van der Waals surface area (Å²) in [5, 5.41) is 0.700. The number of methoxy groups -OCH3 is 1. The molecule has 1 aliphatic rings. The molecule has 0 saturated heterocycles. The first-order valence-corrected chi connectivity index (χ1v) is 5.21. The zero-order valence-electron chi connectivity index (χ0n) is 7.92. The van der Waals surface area contributed by atoms with Crippen molar-refractivity contribution in [3.05, 3.63) is 21.6 Å². The molecule has 0 aromatic heterocycles. The molecule has 0 aromatic rings. The Labute approximate surface area is 91.5 Å². The first-order valence-electron chi connectivity index (χ1n) is 4.14. The van der Waals surface area contributed by atoms with Crippen molar-refractivity contribution in [1.82, 2.24) is 5.12 Å². The van der Waals surface area contributed by atoms with Crippen molar-refractivity contribution >= 4 is 22.6 Å². The smallest absolute Gasteiger partial charge is 0.150 e. The molecular formula is C9H13FINO. The molecule has 0 aromatic carbocycles. The molecule has 0 spiro atoms. The Balaban J connectivity index is 2.84. The van der Waals surface area contributed by atoms with Crippen LogP contribution < -0.4 is 0 Å². The Kier molecular flexibility index (Phi) is 3.58. The van der Waals surface area contributed by atoms with Gasteiger partial charge in [0, 0.05) is 0 Å². The Bertz CT molecular complexity index is 250. The van der Waals surface area contributed by atoms with Gasteiger partial charge in [0.2, 0.25) is 0 Å². The molecule has 0 amide bonds. The molecule has 1 unspecified atom stereocenters. The molecule has 4 heteroatoms. The van der Waals surface area contributed by atoms with Crippen molar-refractivity contribution in [1.29, 1.82) is 0 Å². The molecular weight excluding hydrogens is 284 g/mol. The van der Waals surface area contributed by atoms with E-state index >= 15 is 0 Å². The van der Waals surface area contributed by atoms with E-state index in [-0.39, 0.29) is 12.0 Å². The second-order valence-corrected chi connectivity index (χ2v) is 4.45. The Morgan fingerprint density at radius 1 is 1.62 bits per heavy atom. The fraction of sp³-hybridized carbons (Fsp3) is 0.556. The first kappa shape index (κ1) is 10.8. The second kappa shape index (κ2) is 4.30. The van der Waals surface area contributed by atoms with Gasteiger partial charge in [-0.25, -0.2) is 5.12 Å². The normalized spacial score (nSPS) is 22.9. The molecule has 0 fully saturated rings. The van der Waals surface area contributed by atoms with E-state index in [0.29, 0.717) is 10.9 Å². The van der Waals surface area contributed by atoms with Crippen LogP contribution in [0.15, 0.2) is 21.6 Å². The zero-order valence-corrected chi connectivity index (χ0v) is 10.1. The molecule has 1 rings (SSSR count). The predicted octanol–water partition coefficient (Wildman–Crippen LogP) is 3.02. The third-order valence-electron chi connectivity index (χ3n) is 1.98. The van der Waals surface area contributed by atoms with Crippen LogP contribution in [-0.4, -0.2) is 18.3 Å². The van der Waals surface area contributed by atoms with Crippen molar-refractivity contribution in [3.63, 3.8) is 0 Å². The fourth-order valence-corrected chi connectivity index (χ4v) is 1.92. The average molecular weight is 297 g/mol. The highest BCUT2D eigenvalue weighted by molar-refractivity contribution is 14.1. The topological polar surface area (TPSA) is 12.5 Å². The minimum Gasteiger partial charge on any atom is -0.494 e. The molecule has 0 radical (unpaired) electrons. The van der Waals surface area contributed by atoms with Crippen LogP contribution in [-0.2, 0) is 4.74 Å². The van der Waals surface area contributed by atoms with Crippen LogP contribution in [0.3, 0.4) is 0 Å². The maximum absolute atomic E-state index is 13.3. The summed E-state index contributed by atoms with van der Waals surface area (Å²) in [5.74, 6) is 0.837. The highest BCUT2D eigenvalue weighted by Crippen LogP contribution is 2.29. The lowest BCUT2D eigenvalue weighted by atomic mass is 10.0. The van der Waals surface area contributed by atoms with E-state index in [1.807, 2.05) is 19.9 Å². The number of hydrogen-bond acceptors (Lipinski definition) is 2. The van der Waals surface area contributed by atoms with E-state index in [2.05, 4.69) is 22.6 Å². The van der Waals surface area contributed by atoms with Crippen molar-refractivity contribution < 1.29 is 9.22 Å². The van der Waals surface area contributed by atoms with Crippen LogP contribution in [0.5, 0.6) is 0 Å². The quantitative estimate of drug-likeness (QED) is 0.574. The van der Waals surface area contributed by atoms with Gasteiger partial charge in [-0.05, 0) is 34.6 Å². The van der Waals surface area contributed by atoms with Gasteiger partial charge < -0.3 is 4.74 Å². The van der Waals surface area contributed by atoms with E-state index in [0.717, 1.165) is 3.58 Å². The van der Waals surface area contributed by atoms with Gasteiger partial charge in [-0.3, -0.25) is 0 Å². The van der Waals surface area contributed by atoms with Crippen molar-refractivity contribution in [2.24, 2.45) is 5.92 Å². The Hall–Kier alpha value is -0.260. The van der Waals surface area contributed by atoms with Crippen molar-refractivity contribution in [2.75, 3.05) is 7.11 Å². The van der Waals surface area contributed by atoms with Crippen LogP contribution in [0.2, 0.25) is 0 Å². The van der Waals surface area contributed by atoms with Gasteiger partial charge in [-0.2, -0.15) is 0 Å². The number of hydrogen-bond donors (Lipinski definition) is 0. The molecule has 13 heavy (non-hydrogen) atoms. The van der Waals surface area contributed by atoms with E-state index in [1.54, 1.807) is 7.11 Å². The fourth-order valence-electron chi connectivity index (χ4n) is 1.19. The SMILES string of the molecule is COC1=CN(F)C(C(C)C)C=C1I. The first-order chi connectivity index (χ1) is 6.06. The molecule has 1 atom stereocenters. The van der Waals surface area contributed by atoms with E-state index in [9.17, 15) is 4.48 Å². The largest absolute Gasteiger partial charge is 0.494 e. The Morgan fingerprint density at radius 2 is 2.23 bits per heavy atom. The third kappa shape index (κ3) is 2.36. The zero-order chi connectivity index (χ0) is 10.0. The van der Waals surface area contributed by atoms with Crippen LogP contribution in [0.1, 0.15) is 13.8 Å². The summed E-state index contributed by atoms with van der Waals surface area (Å²) in [6, 6.07) is -0.175. The standard InChI is InChI=1S/C9H13FINO/c1-6(2)8-4-7(11)9(13-3)5-12(8)10/h4-6,8H,1-3H3. The lowest BCUT2D eigenvalue weighted by Gasteiger charge is -2.27.